The first-order chi connectivity index (χ1) is 16.6. The van der Waals surface area contributed by atoms with E-state index in [0.29, 0.717) is 17.9 Å². The summed E-state index contributed by atoms with van der Waals surface area (Å²) in [6.45, 7) is 2.52. The Balaban J connectivity index is 1.68. The van der Waals surface area contributed by atoms with Crippen molar-refractivity contribution in [1.29, 1.82) is 0 Å². The Bertz CT molecular complexity index is 1280. The van der Waals surface area contributed by atoms with E-state index >= 15 is 0 Å². The summed E-state index contributed by atoms with van der Waals surface area (Å²) in [6.07, 6.45) is 5.27. The molecule has 1 heterocycles. The molecule has 7 heteroatoms. The lowest BCUT2D eigenvalue weighted by Crippen LogP contribution is -2.17. The maximum atomic E-state index is 13.3. The summed E-state index contributed by atoms with van der Waals surface area (Å²) in [7, 11) is 0. The number of carbonyl (C=O) groups excluding carboxylic acids is 1. The zero-order valence-corrected chi connectivity index (χ0v) is 18.8. The van der Waals surface area contributed by atoms with Crippen LogP contribution in [0.3, 0.4) is 0 Å². The number of carboxylic acids is 1. The van der Waals surface area contributed by atoms with Gasteiger partial charge in [0.25, 0.3) is 5.91 Å². The van der Waals surface area contributed by atoms with Gasteiger partial charge in [0, 0.05) is 18.5 Å². The fourth-order valence-electron chi connectivity index (χ4n) is 3.54. The van der Waals surface area contributed by atoms with E-state index in [1.807, 2.05) is 36.4 Å². The molecule has 3 aromatic carbocycles. The first-order valence-electron chi connectivity index (χ1n) is 11.1. The summed E-state index contributed by atoms with van der Waals surface area (Å²) in [5.41, 5.74) is 3.01. The van der Waals surface area contributed by atoms with E-state index in [4.69, 9.17) is 4.74 Å². The molecule has 1 aromatic heterocycles. The van der Waals surface area contributed by atoms with Crippen LogP contribution in [0.4, 0.5) is 5.69 Å². The van der Waals surface area contributed by atoms with Crippen LogP contribution in [0.5, 0.6) is 5.75 Å². The van der Waals surface area contributed by atoms with Crippen LogP contribution in [0.25, 0.3) is 16.8 Å². The highest BCUT2D eigenvalue weighted by molar-refractivity contribution is 6.09. The summed E-state index contributed by atoms with van der Waals surface area (Å²) in [4.78, 5) is 25.1. The Hall–Kier alpha value is -4.39. The summed E-state index contributed by atoms with van der Waals surface area (Å²) in [6, 6.07) is 21.5. The Labute approximate surface area is 197 Å². The van der Waals surface area contributed by atoms with Crippen LogP contribution < -0.4 is 10.1 Å². The first-order valence-corrected chi connectivity index (χ1v) is 11.1. The van der Waals surface area contributed by atoms with Gasteiger partial charge in [-0.3, -0.25) is 4.79 Å². The number of hydrogen-bond acceptors (Lipinski definition) is 4. The van der Waals surface area contributed by atoms with Gasteiger partial charge >= 0.3 is 5.97 Å². The Morgan fingerprint density at radius 3 is 2.47 bits per heavy atom. The predicted molar refractivity (Wildman–Crippen MR) is 131 cm³/mol. The second kappa shape index (κ2) is 10.5. The highest BCUT2D eigenvalue weighted by Gasteiger charge is 2.19. The molecule has 0 unspecified atom stereocenters. The van der Waals surface area contributed by atoms with E-state index in [1.165, 1.54) is 6.07 Å². The number of carbonyl (C=O) groups is 2. The summed E-state index contributed by atoms with van der Waals surface area (Å²) < 4.78 is 7.61. The molecule has 0 saturated heterocycles. The molecule has 0 radical (unpaired) electrons. The molecule has 0 aliphatic carbocycles. The van der Waals surface area contributed by atoms with E-state index < -0.39 is 11.9 Å². The van der Waals surface area contributed by atoms with Gasteiger partial charge in [0.2, 0.25) is 0 Å². The largest absolute Gasteiger partial charge is 0.493 e. The lowest BCUT2D eigenvalue weighted by molar-refractivity contribution is 0.0698. The van der Waals surface area contributed by atoms with Crippen molar-refractivity contribution in [3.05, 3.63) is 96.3 Å². The molecule has 0 saturated carbocycles. The number of rotatable bonds is 9. The molecular weight excluding hydrogens is 430 g/mol. The quantitative estimate of drug-likeness (QED) is 0.317. The van der Waals surface area contributed by atoms with Gasteiger partial charge in [-0.25, -0.2) is 9.48 Å². The number of hydrogen-bond donors (Lipinski definition) is 2. The number of anilines is 1. The SMILES string of the molecule is CCCCOc1cc(-n2cccn2)ccc1C(=O)Nc1cc(-c2ccccc2)ccc1C(=O)O. The summed E-state index contributed by atoms with van der Waals surface area (Å²) in [5.74, 6) is -1.16. The second-order valence-corrected chi connectivity index (χ2v) is 7.72. The Morgan fingerprint density at radius 1 is 0.971 bits per heavy atom. The Morgan fingerprint density at radius 2 is 1.76 bits per heavy atom. The minimum absolute atomic E-state index is 0.00893. The maximum absolute atomic E-state index is 13.3. The van der Waals surface area contributed by atoms with Crippen LogP contribution in [-0.4, -0.2) is 33.4 Å². The molecule has 34 heavy (non-hydrogen) atoms. The fraction of sp³-hybridized carbons (Fsp3) is 0.148. The second-order valence-electron chi connectivity index (χ2n) is 7.72. The number of ether oxygens (including phenoxy) is 1. The van der Waals surface area contributed by atoms with E-state index in [-0.39, 0.29) is 11.3 Å². The zero-order chi connectivity index (χ0) is 23.9. The molecule has 0 bridgehead atoms. The van der Waals surface area contributed by atoms with Gasteiger partial charge in [-0.05, 0) is 47.9 Å². The number of benzene rings is 3. The lowest BCUT2D eigenvalue weighted by Gasteiger charge is -2.15. The van der Waals surface area contributed by atoms with Crippen molar-refractivity contribution in [3.8, 4) is 22.6 Å². The van der Waals surface area contributed by atoms with Crippen molar-refractivity contribution < 1.29 is 19.4 Å². The molecule has 2 N–H and O–H groups in total. The monoisotopic (exact) mass is 455 g/mol. The maximum Gasteiger partial charge on any atom is 0.337 e. The molecular formula is C27H25N3O4. The van der Waals surface area contributed by atoms with Crippen molar-refractivity contribution in [2.24, 2.45) is 0 Å². The van der Waals surface area contributed by atoms with Crippen LogP contribution in [0.1, 0.15) is 40.5 Å². The van der Waals surface area contributed by atoms with E-state index in [9.17, 15) is 14.7 Å². The number of amides is 1. The number of nitrogens with zero attached hydrogens (tertiary/aromatic N) is 2. The minimum atomic E-state index is -1.12. The smallest absolute Gasteiger partial charge is 0.337 e. The molecule has 0 aliphatic rings. The first kappa shape index (κ1) is 22.8. The molecule has 0 fully saturated rings. The standard InChI is InChI=1S/C27H25N3O4/c1-2-3-16-34-25-18-21(30-15-7-14-28-30)11-13-23(25)26(31)29-24-17-20(10-12-22(24)27(32)33)19-8-5-4-6-9-19/h4-15,17-18H,2-3,16H2,1H3,(H,29,31)(H,32,33). The minimum Gasteiger partial charge on any atom is -0.493 e. The number of unbranched alkanes of at least 4 members (excludes halogenated alkanes) is 1. The number of nitrogens with one attached hydrogen (secondary N) is 1. The number of carboxylic acid groups (broad SMARTS) is 1. The van der Waals surface area contributed by atoms with Crippen molar-refractivity contribution >= 4 is 17.6 Å². The van der Waals surface area contributed by atoms with Gasteiger partial charge in [-0.2, -0.15) is 5.10 Å². The number of aromatic nitrogens is 2. The average Bonchev–Trinajstić information content (AvgIpc) is 3.39. The summed E-state index contributed by atoms with van der Waals surface area (Å²) >= 11 is 0. The van der Waals surface area contributed by atoms with Crippen LogP contribution in [0, 0.1) is 0 Å². The van der Waals surface area contributed by atoms with Crippen molar-refractivity contribution in [2.45, 2.75) is 19.8 Å². The predicted octanol–water partition coefficient (Wildman–Crippen LogP) is 5.67. The van der Waals surface area contributed by atoms with Crippen LogP contribution in [0.2, 0.25) is 0 Å². The van der Waals surface area contributed by atoms with Crippen LogP contribution in [-0.2, 0) is 0 Å². The molecule has 4 rings (SSSR count). The topological polar surface area (TPSA) is 93.5 Å². The van der Waals surface area contributed by atoms with E-state index in [2.05, 4.69) is 17.3 Å². The van der Waals surface area contributed by atoms with Crippen LogP contribution >= 0.6 is 0 Å². The Kier molecular flexibility index (Phi) is 7.03. The highest BCUT2D eigenvalue weighted by atomic mass is 16.5. The van der Waals surface area contributed by atoms with Crippen molar-refractivity contribution in [1.82, 2.24) is 9.78 Å². The third kappa shape index (κ3) is 5.15. The van der Waals surface area contributed by atoms with Gasteiger partial charge in [-0.1, -0.05) is 49.7 Å². The molecule has 0 spiro atoms. The van der Waals surface area contributed by atoms with Gasteiger partial charge in [0.05, 0.1) is 29.1 Å². The van der Waals surface area contributed by atoms with Crippen molar-refractivity contribution in [3.63, 3.8) is 0 Å². The van der Waals surface area contributed by atoms with Crippen LogP contribution in [0.15, 0.2) is 85.2 Å². The van der Waals surface area contributed by atoms with E-state index in [0.717, 1.165) is 29.7 Å². The van der Waals surface area contributed by atoms with Gasteiger partial charge in [0.1, 0.15) is 5.75 Å². The highest BCUT2D eigenvalue weighted by Crippen LogP contribution is 2.28. The molecule has 4 aromatic rings. The van der Waals surface area contributed by atoms with Crippen molar-refractivity contribution in [2.75, 3.05) is 11.9 Å². The summed E-state index contributed by atoms with van der Waals surface area (Å²) in [5, 5.41) is 16.7. The zero-order valence-electron chi connectivity index (χ0n) is 18.8. The third-order valence-corrected chi connectivity index (χ3v) is 5.34. The molecule has 0 atom stereocenters. The fourth-order valence-corrected chi connectivity index (χ4v) is 3.54. The van der Waals surface area contributed by atoms with E-state index in [1.54, 1.807) is 47.4 Å². The molecule has 172 valence electrons. The normalized spacial score (nSPS) is 10.6. The molecule has 7 nitrogen and oxygen atoms in total. The third-order valence-electron chi connectivity index (χ3n) is 5.34. The molecule has 1 amide bonds. The average molecular weight is 456 g/mol. The number of aromatic carboxylic acids is 1. The van der Waals surface area contributed by atoms with Gasteiger partial charge < -0.3 is 15.2 Å². The lowest BCUT2D eigenvalue weighted by atomic mass is 10.0. The van der Waals surface area contributed by atoms with Gasteiger partial charge in [-0.15, -0.1) is 0 Å². The van der Waals surface area contributed by atoms with Gasteiger partial charge in [0.15, 0.2) is 0 Å². The molecule has 0 aliphatic heterocycles.